The summed E-state index contributed by atoms with van der Waals surface area (Å²) in [7, 11) is 0. The predicted octanol–water partition coefficient (Wildman–Crippen LogP) is 2.18. The highest BCUT2D eigenvalue weighted by Gasteiger charge is 2.26. The number of rotatable bonds is 2. The second-order valence-corrected chi connectivity index (χ2v) is 6.16. The molecular formula is C18H21N3O2. The second kappa shape index (κ2) is 6.36. The number of amides is 2. The molecule has 0 radical (unpaired) electrons. The molecule has 120 valence electrons. The fraction of sp³-hybridized carbons (Fsp3) is 0.389. The lowest BCUT2D eigenvalue weighted by molar-refractivity contribution is -0.135. The topological polar surface area (TPSA) is 53.5 Å². The lowest BCUT2D eigenvalue weighted by Gasteiger charge is -2.35. The summed E-state index contributed by atoms with van der Waals surface area (Å²) in [5.74, 6) is 0.0905. The molecule has 5 heteroatoms. The van der Waals surface area contributed by atoms with Crippen LogP contribution in [0.5, 0.6) is 0 Å². The Morgan fingerprint density at radius 1 is 0.957 bits per heavy atom. The largest absolute Gasteiger partial charge is 0.339 e. The van der Waals surface area contributed by atoms with E-state index in [-0.39, 0.29) is 17.7 Å². The maximum atomic E-state index is 12.6. The van der Waals surface area contributed by atoms with Crippen molar-refractivity contribution in [2.75, 3.05) is 26.2 Å². The van der Waals surface area contributed by atoms with Gasteiger partial charge in [0.15, 0.2) is 0 Å². The second-order valence-electron chi connectivity index (χ2n) is 6.16. The molecule has 0 unspecified atom stereocenters. The Morgan fingerprint density at radius 2 is 1.61 bits per heavy atom. The van der Waals surface area contributed by atoms with Crippen LogP contribution in [0.4, 0.5) is 0 Å². The van der Waals surface area contributed by atoms with Crippen molar-refractivity contribution in [3.8, 4) is 0 Å². The van der Waals surface area contributed by atoms with E-state index in [1.807, 2.05) is 49.1 Å². The molecule has 0 saturated carbocycles. The molecule has 1 aliphatic heterocycles. The van der Waals surface area contributed by atoms with E-state index in [4.69, 9.17) is 0 Å². The normalized spacial score (nSPS) is 15.3. The number of carbonyl (C=O) groups excluding carboxylic acids is 2. The Kier molecular flexibility index (Phi) is 4.28. The quantitative estimate of drug-likeness (QED) is 0.854. The van der Waals surface area contributed by atoms with E-state index in [1.54, 1.807) is 11.0 Å². The third kappa shape index (κ3) is 3.18. The van der Waals surface area contributed by atoms with Crippen LogP contribution < -0.4 is 0 Å². The van der Waals surface area contributed by atoms with E-state index in [9.17, 15) is 9.59 Å². The monoisotopic (exact) mass is 311 g/mol. The summed E-state index contributed by atoms with van der Waals surface area (Å²) in [4.78, 5) is 32.7. The number of hydrogen-bond donors (Lipinski definition) is 0. The summed E-state index contributed by atoms with van der Waals surface area (Å²) in [6.45, 7) is 6.11. The van der Waals surface area contributed by atoms with Crippen molar-refractivity contribution in [2.24, 2.45) is 5.92 Å². The molecule has 1 aromatic carbocycles. The van der Waals surface area contributed by atoms with Gasteiger partial charge >= 0.3 is 0 Å². The first-order valence-electron chi connectivity index (χ1n) is 8.00. The Morgan fingerprint density at radius 3 is 2.30 bits per heavy atom. The number of pyridine rings is 1. The van der Waals surface area contributed by atoms with E-state index in [0.29, 0.717) is 31.9 Å². The van der Waals surface area contributed by atoms with Crippen LogP contribution in [-0.4, -0.2) is 52.8 Å². The Bertz CT molecular complexity index is 734. The summed E-state index contributed by atoms with van der Waals surface area (Å²) in [6, 6.07) is 11.5. The highest BCUT2D eigenvalue weighted by Crippen LogP contribution is 2.14. The maximum Gasteiger partial charge on any atom is 0.272 e. The van der Waals surface area contributed by atoms with Gasteiger partial charge in [-0.15, -0.1) is 0 Å². The van der Waals surface area contributed by atoms with Crippen LogP contribution in [-0.2, 0) is 4.79 Å². The first-order chi connectivity index (χ1) is 11.1. The van der Waals surface area contributed by atoms with Crippen molar-refractivity contribution >= 4 is 22.7 Å². The zero-order chi connectivity index (χ0) is 16.4. The molecular weight excluding hydrogens is 290 g/mol. The summed E-state index contributed by atoms with van der Waals surface area (Å²) in [6.07, 6.45) is 0. The summed E-state index contributed by atoms with van der Waals surface area (Å²) < 4.78 is 0. The Balaban J connectivity index is 1.70. The number of para-hydroxylation sites is 1. The third-order valence-electron chi connectivity index (χ3n) is 4.19. The molecule has 0 spiro atoms. The number of aromatic nitrogens is 1. The van der Waals surface area contributed by atoms with E-state index in [1.165, 1.54) is 0 Å². The molecule has 2 amide bonds. The number of piperazine rings is 1. The molecule has 2 heterocycles. The van der Waals surface area contributed by atoms with Crippen molar-refractivity contribution in [2.45, 2.75) is 13.8 Å². The molecule has 0 N–H and O–H groups in total. The van der Waals surface area contributed by atoms with Crippen LogP contribution >= 0.6 is 0 Å². The highest BCUT2D eigenvalue weighted by molar-refractivity contribution is 5.95. The molecule has 5 nitrogen and oxygen atoms in total. The minimum absolute atomic E-state index is 0.000550. The van der Waals surface area contributed by atoms with Crippen molar-refractivity contribution < 1.29 is 9.59 Å². The number of carbonyl (C=O) groups is 2. The molecule has 0 atom stereocenters. The first-order valence-corrected chi connectivity index (χ1v) is 8.00. The van der Waals surface area contributed by atoms with E-state index >= 15 is 0 Å². The van der Waals surface area contributed by atoms with Crippen LogP contribution in [0.3, 0.4) is 0 Å². The molecule has 0 bridgehead atoms. The van der Waals surface area contributed by atoms with E-state index in [0.717, 1.165) is 10.9 Å². The van der Waals surface area contributed by atoms with Gasteiger partial charge in [0.05, 0.1) is 5.52 Å². The first kappa shape index (κ1) is 15.5. The number of benzene rings is 1. The number of hydrogen-bond acceptors (Lipinski definition) is 3. The summed E-state index contributed by atoms with van der Waals surface area (Å²) in [5, 5.41) is 1.02. The van der Waals surface area contributed by atoms with Crippen LogP contribution in [0.15, 0.2) is 36.4 Å². The molecule has 3 rings (SSSR count). The molecule has 1 fully saturated rings. The Labute approximate surface area is 135 Å². The standard InChI is InChI=1S/C18H21N3O2/c1-13(2)17(22)20-9-11-21(12-10-20)18(23)16-8-7-14-5-3-4-6-15(14)19-16/h3-8,13H,9-12H2,1-2H3. The average molecular weight is 311 g/mol. The van der Waals surface area contributed by atoms with Gasteiger partial charge in [-0.25, -0.2) is 4.98 Å². The van der Waals surface area contributed by atoms with Crippen LogP contribution in [0.25, 0.3) is 10.9 Å². The van der Waals surface area contributed by atoms with E-state index in [2.05, 4.69) is 4.98 Å². The van der Waals surface area contributed by atoms with Crippen molar-refractivity contribution in [1.29, 1.82) is 0 Å². The van der Waals surface area contributed by atoms with E-state index < -0.39 is 0 Å². The molecule has 1 aromatic heterocycles. The van der Waals surface area contributed by atoms with Crippen molar-refractivity contribution in [3.63, 3.8) is 0 Å². The molecule has 1 saturated heterocycles. The van der Waals surface area contributed by atoms with Gasteiger partial charge < -0.3 is 9.80 Å². The smallest absolute Gasteiger partial charge is 0.272 e. The minimum Gasteiger partial charge on any atom is -0.339 e. The van der Waals surface area contributed by atoms with Crippen LogP contribution in [0, 0.1) is 5.92 Å². The number of fused-ring (bicyclic) bond motifs is 1. The third-order valence-corrected chi connectivity index (χ3v) is 4.19. The van der Waals surface area contributed by atoms with Gasteiger partial charge in [-0.2, -0.15) is 0 Å². The lowest BCUT2D eigenvalue weighted by Crippen LogP contribution is -2.51. The van der Waals surface area contributed by atoms with Gasteiger partial charge in [0, 0.05) is 37.5 Å². The summed E-state index contributed by atoms with van der Waals surface area (Å²) in [5.41, 5.74) is 1.29. The Hall–Kier alpha value is -2.43. The zero-order valence-corrected chi connectivity index (χ0v) is 13.5. The fourth-order valence-electron chi connectivity index (χ4n) is 2.84. The molecule has 23 heavy (non-hydrogen) atoms. The van der Waals surface area contributed by atoms with Crippen LogP contribution in [0.2, 0.25) is 0 Å². The van der Waals surface area contributed by atoms with Gasteiger partial charge in [0.25, 0.3) is 5.91 Å². The molecule has 1 aliphatic rings. The lowest BCUT2D eigenvalue weighted by atomic mass is 10.1. The SMILES string of the molecule is CC(C)C(=O)N1CCN(C(=O)c2ccc3ccccc3n2)CC1. The zero-order valence-electron chi connectivity index (χ0n) is 13.5. The molecule has 0 aliphatic carbocycles. The predicted molar refractivity (Wildman–Crippen MR) is 89.1 cm³/mol. The van der Waals surface area contributed by atoms with Crippen molar-refractivity contribution in [3.05, 3.63) is 42.1 Å². The fourth-order valence-corrected chi connectivity index (χ4v) is 2.84. The minimum atomic E-state index is -0.0626. The number of nitrogens with zero attached hydrogens (tertiary/aromatic N) is 3. The average Bonchev–Trinajstić information content (AvgIpc) is 2.60. The highest BCUT2D eigenvalue weighted by atomic mass is 16.2. The van der Waals surface area contributed by atoms with Crippen LogP contribution in [0.1, 0.15) is 24.3 Å². The van der Waals surface area contributed by atoms with Gasteiger partial charge in [0.2, 0.25) is 5.91 Å². The van der Waals surface area contributed by atoms with Crippen molar-refractivity contribution in [1.82, 2.24) is 14.8 Å². The molecule has 2 aromatic rings. The summed E-state index contributed by atoms with van der Waals surface area (Å²) >= 11 is 0. The van der Waals surface area contributed by atoms with Gasteiger partial charge in [-0.05, 0) is 12.1 Å². The van der Waals surface area contributed by atoms with Gasteiger partial charge in [-0.3, -0.25) is 9.59 Å². The van der Waals surface area contributed by atoms with Gasteiger partial charge in [0.1, 0.15) is 5.69 Å². The van der Waals surface area contributed by atoms with Gasteiger partial charge in [-0.1, -0.05) is 38.1 Å². The maximum absolute atomic E-state index is 12.6.